The van der Waals surface area contributed by atoms with Gasteiger partial charge in [0.2, 0.25) is 0 Å². The second kappa shape index (κ2) is 6.95. The molecular formula is C23H14FN7O. The summed E-state index contributed by atoms with van der Waals surface area (Å²) in [4.78, 5) is 20.7. The van der Waals surface area contributed by atoms with Gasteiger partial charge in [-0.3, -0.25) is 10.1 Å². The molecule has 0 aliphatic rings. The zero-order valence-electron chi connectivity index (χ0n) is 16.4. The molecule has 0 atom stereocenters. The van der Waals surface area contributed by atoms with E-state index in [0.717, 1.165) is 16.5 Å². The standard InChI is InChI=1S/C23H14FN7O/c24-18-4-2-1-3-15(18)16-5-6-26-22-19(16)28-23(29-22)20-17-8-13(10-27-21(17)31-30-20)12-7-14(32)11-25-9-12/h1-11,32H,(H,26,28,29)(H,27,30,31). The number of hydrogen-bond donors (Lipinski definition) is 3. The number of nitrogens with zero attached hydrogens (tertiary/aromatic N) is 5. The normalized spacial score (nSPS) is 11.4. The molecule has 9 heteroatoms. The summed E-state index contributed by atoms with van der Waals surface area (Å²) < 4.78 is 14.4. The summed E-state index contributed by atoms with van der Waals surface area (Å²) in [5.74, 6) is 0.220. The second-order valence-corrected chi connectivity index (χ2v) is 7.25. The van der Waals surface area contributed by atoms with Crippen LogP contribution in [0.2, 0.25) is 0 Å². The summed E-state index contributed by atoms with van der Waals surface area (Å²) in [6.45, 7) is 0. The summed E-state index contributed by atoms with van der Waals surface area (Å²) in [6, 6.07) is 11.8. The molecule has 0 unspecified atom stereocenters. The van der Waals surface area contributed by atoms with Gasteiger partial charge in [0, 0.05) is 40.8 Å². The molecule has 6 aromatic rings. The minimum atomic E-state index is -0.330. The van der Waals surface area contributed by atoms with Crippen LogP contribution >= 0.6 is 0 Å². The maximum absolute atomic E-state index is 14.4. The lowest BCUT2D eigenvalue weighted by Gasteiger charge is -2.03. The zero-order chi connectivity index (χ0) is 21.7. The summed E-state index contributed by atoms with van der Waals surface area (Å²) in [5.41, 5.74) is 4.79. The first kappa shape index (κ1) is 18.1. The van der Waals surface area contributed by atoms with Crippen LogP contribution in [0.25, 0.3) is 56.0 Å². The maximum Gasteiger partial charge on any atom is 0.161 e. The Kier molecular flexibility index (Phi) is 3.94. The van der Waals surface area contributed by atoms with E-state index < -0.39 is 0 Å². The molecule has 0 saturated carbocycles. The Hall–Kier alpha value is -4.66. The van der Waals surface area contributed by atoms with Gasteiger partial charge in [0.25, 0.3) is 0 Å². The van der Waals surface area contributed by atoms with Crippen LogP contribution in [0.15, 0.2) is 67.3 Å². The number of pyridine rings is 3. The molecule has 0 fully saturated rings. The largest absolute Gasteiger partial charge is 0.506 e. The van der Waals surface area contributed by atoms with Crippen LogP contribution < -0.4 is 0 Å². The quantitative estimate of drug-likeness (QED) is 0.387. The van der Waals surface area contributed by atoms with Crippen molar-refractivity contribution < 1.29 is 9.50 Å². The van der Waals surface area contributed by atoms with Gasteiger partial charge in [0.1, 0.15) is 22.8 Å². The Labute approximate surface area is 179 Å². The Bertz CT molecular complexity index is 1620. The number of imidazole rings is 1. The fourth-order valence-corrected chi connectivity index (χ4v) is 3.75. The van der Waals surface area contributed by atoms with Crippen LogP contribution in [0.1, 0.15) is 0 Å². The van der Waals surface area contributed by atoms with Gasteiger partial charge in [-0.2, -0.15) is 5.10 Å². The molecule has 0 amide bonds. The molecule has 5 aromatic heterocycles. The molecule has 154 valence electrons. The predicted molar refractivity (Wildman–Crippen MR) is 117 cm³/mol. The highest BCUT2D eigenvalue weighted by Crippen LogP contribution is 2.32. The van der Waals surface area contributed by atoms with Crippen molar-refractivity contribution in [1.29, 1.82) is 0 Å². The smallest absolute Gasteiger partial charge is 0.161 e. The van der Waals surface area contributed by atoms with Crippen LogP contribution in [0.4, 0.5) is 4.39 Å². The van der Waals surface area contributed by atoms with Crippen molar-refractivity contribution >= 4 is 22.2 Å². The van der Waals surface area contributed by atoms with Gasteiger partial charge in [0.15, 0.2) is 17.1 Å². The molecule has 0 bridgehead atoms. The minimum absolute atomic E-state index is 0.0686. The van der Waals surface area contributed by atoms with E-state index in [1.807, 2.05) is 6.07 Å². The molecule has 5 heterocycles. The lowest BCUT2D eigenvalue weighted by molar-refractivity contribution is 0.473. The number of rotatable bonds is 3. The van der Waals surface area contributed by atoms with Crippen LogP contribution in [0.3, 0.4) is 0 Å². The fraction of sp³-hybridized carbons (Fsp3) is 0. The number of aromatic amines is 2. The predicted octanol–water partition coefficient (Wildman–Crippen LogP) is 4.47. The number of nitrogens with one attached hydrogen (secondary N) is 2. The molecule has 8 nitrogen and oxygen atoms in total. The van der Waals surface area contributed by atoms with Gasteiger partial charge in [-0.1, -0.05) is 18.2 Å². The molecule has 6 rings (SSSR count). The van der Waals surface area contributed by atoms with Crippen LogP contribution in [0, 0.1) is 5.82 Å². The van der Waals surface area contributed by atoms with E-state index in [0.29, 0.717) is 39.5 Å². The Morgan fingerprint density at radius 3 is 2.62 bits per heavy atom. The van der Waals surface area contributed by atoms with Crippen molar-refractivity contribution in [2.24, 2.45) is 0 Å². The van der Waals surface area contributed by atoms with Crippen molar-refractivity contribution in [3.63, 3.8) is 0 Å². The molecule has 0 spiro atoms. The van der Waals surface area contributed by atoms with Gasteiger partial charge in [-0.05, 0) is 24.3 Å². The lowest BCUT2D eigenvalue weighted by atomic mass is 10.1. The fourth-order valence-electron chi connectivity index (χ4n) is 3.75. The Morgan fingerprint density at radius 1 is 0.875 bits per heavy atom. The Balaban J connectivity index is 1.52. The monoisotopic (exact) mass is 423 g/mol. The molecule has 32 heavy (non-hydrogen) atoms. The summed E-state index contributed by atoms with van der Waals surface area (Å²) in [5, 5.41) is 17.8. The van der Waals surface area contributed by atoms with E-state index in [2.05, 4.69) is 30.1 Å². The number of H-pyrrole nitrogens is 2. The molecular weight excluding hydrogens is 409 g/mol. The highest BCUT2D eigenvalue weighted by atomic mass is 19.1. The first-order valence-electron chi connectivity index (χ1n) is 9.76. The molecule has 0 saturated heterocycles. The average Bonchev–Trinajstić information content (AvgIpc) is 3.43. The molecule has 1 aromatic carbocycles. The van der Waals surface area contributed by atoms with Crippen molar-refractivity contribution in [3.05, 3.63) is 73.1 Å². The number of fused-ring (bicyclic) bond motifs is 2. The summed E-state index contributed by atoms with van der Waals surface area (Å²) in [7, 11) is 0. The summed E-state index contributed by atoms with van der Waals surface area (Å²) in [6.07, 6.45) is 6.31. The van der Waals surface area contributed by atoms with Gasteiger partial charge in [-0.15, -0.1) is 0 Å². The van der Waals surface area contributed by atoms with E-state index in [1.165, 1.54) is 12.3 Å². The van der Waals surface area contributed by atoms with E-state index in [4.69, 9.17) is 4.98 Å². The highest BCUT2D eigenvalue weighted by Gasteiger charge is 2.18. The van der Waals surface area contributed by atoms with Crippen LogP contribution in [-0.2, 0) is 0 Å². The third-order valence-corrected chi connectivity index (χ3v) is 5.25. The van der Waals surface area contributed by atoms with Gasteiger partial charge in [0.05, 0.1) is 11.6 Å². The number of hydrogen-bond acceptors (Lipinski definition) is 6. The zero-order valence-corrected chi connectivity index (χ0v) is 16.4. The van der Waals surface area contributed by atoms with Crippen molar-refractivity contribution in [2.45, 2.75) is 0 Å². The average molecular weight is 423 g/mol. The first-order valence-corrected chi connectivity index (χ1v) is 9.76. The maximum atomic E-state index is 14.4. The van der Waals surface area contributed by atoms with E-state index >= 15 is 0 Å². The second-order valence-electron chi connectivity index (χ2n) is 7.25. The SMILES string of the molecule is Oc1cncc(-c2cnc3[nH]nc(-c4nc5c(-c6ccccc6F)ccnc5[nH]4)c3c2)c1. The highest BCUT2D eigenvalue weighted by molar-refractivity contribution is 5.96. The topological polar surface area (TPSA) is 116 Å². The van der Waals surface area contributed by atoms with Crippen LogP contribution in [0.5, 0.6) is 5.75 Å². The number of benzene rings is 1. The van der Waals surface area contributed by atoms with E-state index in [1.54, 1.807) is 48.9 Å². The summed E-state index contributed by atoms with van der Waals surface area (Å²) >= 11 is 0. The van der Waals surface area contributed by atoms with E-state index in [9.17, 15) is 9.50 Å². The van der Waals surface area contributed by atoms with E-state index in [-0.39, 0.29) is 11.6 Å². The van der Waals surface area contributed by atoms with Crippen molar-refractivity contribution in [1.82, 2.24) is 35.1 Å². The number of aromatic hydroxyl groups is 1. The van der Waals surface area contributed by atoms with Gasteiger partial charge in [-0.25, -0.2) is 19.3 Å². The molecule has 0 aliphatic heterocycles. The molecule has 3 N–H and O–H groups in total. The molecule has 0 aliphatic carbocycles. The number of halogens is 1. The minimum Gasteiger partial charge on any atom is -0.506 e. The van der Waals surface area contributed by atoms with Crippen LogP contribution in [-0.4, -0.2) is 40.2 Å². The first-order chi connectivity index (χ1) is 15.7. The third-order valence-electron chi connectivity index (χ3n) is 5.25. The van der Waals surface area contributed by atoms with Crippen molar-refractivity contribution in [2.75, 3.05) is 0 Å². The number of aromatic nitrogens is 7. The molecule has 0 radical (unpaired) electrons. The third kappa shape index (κ3) is 2.87. The Morgan fingerprint density at radius 2 is 1.75 bits per heavy atom. The van der Waals surface area contributed by atoms with Gasteiger partial charge >= 0.3 is 0 Å². The van der Waals surface area contributed by atoms with Gasteiger partial charge < -0.3 is 10.1 Å². The lowest BCUT2D eigenvalue weighted by Crippen LogP contribution is -1.87. The van der Waals surface area contributed by atoms with Crippen molar-refractivity contribution in [3.8, 4) is 39.5 Å².